The van der Waals surface area contributed by atoms with Crippen molar-refractivity contribution in [1.82, 2.24) is 15.4 Å². The largest absolute Gasteiger partial charge is 0.355 e. The third-order valence-electron chi connectivity index (χ3n) is 3.39. The molecule has 0 saturated carbocycles. The molecule has 2 rings (SSSR count). The molecule has 144 valence electrons. The second-order valence-electron chi connectivity index (χ2n) is 5.25. The van der Waals surface area contributed by atoms with Gasteiger partial charge < -0.3 is 10.6 Å². The van der Waals surface area contributed by atoms with E-state index in [-0.39, 0.29) is 36.6 Å². The molecule has 6 nitrogen and oxygen atoms in total. The molecule has 0 bridgehead atoms. The van der Waals surface area contributed by atoms with Gasteiger partial charge in [-0.05, 0) is 36.1 Å². The van der Waals surface area contributed by atoms with E-state index >= 15 is 0 Å². The Morgan fingerprint density at radius 1 is 1.27 bits per heavy atom. The Morgan fingerprint density at radius 2 is 2.04 bits per heavy atom. The minimum atomic E-state index is -3.44. The van der Waals surface area contributed by atoms with Crippen LogP contribution in [0.2, 0.25) is 5.02 Å². The van der Waals surface area contributed by atoms with E-state index < -0.39 is 10.0 Å². The molecule has 1 atom stereocenters. The molecule has 0 aliphatic rings. The molecule has 10 heteroatoms. The Kier molecular flexibility index (Phi) is 9.86. The van der Waals surface area contributed by atoms with Gasteiger partial charge in [-0.15, -0.1) is 35.3 Å². The van der Waals surface area contributed by atoms with E-state index in [0.29, 0.717) is 21.7 Å². The molecule has 26 heavy (non-hydrogen) atoms. The summed E-state index contributed by atoms with van der Waals surface area (Å²) in [5.41, 5.74) is 1.04. The van der Waals surface area contributed by atoms with Gasteiger partial charge in [-0.25, -0.2) is 13.1 Å². The topological polar surface area (TPSA) is 82.6 Å². The molecule has 0 spiro atoms. The first-order chi connectivity index (χ1) is 11.9. The van der Waals surface area contributed by atoms with Crippen LogP contribution in [0.25, 0.3) is 0 Å². The molecule has 0 aliphatic heterocycles. The maximum absolute atomic E-state index is 12.0. The maximum Gasteiger partial charge on any atom is 0.250 e. The molecule has 2 aromatic rings. The van der Waals surface area contributed by atoms with E-state index in [0.717, 1.165) is 5.56 Å². The Morgan fingerprint density at radius 3 is 2.65 bits per heavy atom. The first kappa shape index (κ1) is 23.2. The van der Waals surface area contributed by atoms with Crippen LogP contribution in [-0.4, -0.2) is 34.5 Å². The van der Waals surface area contributed by atoms with Crippen LogP contribution in [0.4, 0.5) is 0 Å². The van der Waals surface area contributed by atoms with Gasteiger partial charge in [0.15, 0.2) is 5.96 Å². The Hall–Kier alpha value is -0.880. The fraction of sp³-hybridized carbons (Fsp3) is 0.312. The maximum atomic E-state index is 12.0. The molecular formula is C16H22ClIN4O2S2. The Bertz CT molecular complexity index is 813. The van der Waals surface area contributed by atoms with Gasteiger partial charge in [0.1, 0.15) is 4.21 Å². The highest BCUT2D eigenvalue weighted by Gasteiger charge is 2.14. The molecule has 1 aromatic carbocycles. The quantitative estimate of drug-likeness (QED) is 0.223. The molecule has 0 saturated heterocycles. The first-order valence-corrected chi connectivity index (χ1v) is 10.4. The lowest BCUT2D eigenvalue weighted by Crippen LogP contribution is -2.42. The monoisotopic (exact) mass is 528 g/mol. The lowest BCUT2D eigenvalue weighted by molar-refractivity contribution is 0.582. The summed E-state index contributed by atoms with van der Waals surface area (Å²) in [6.07, 6.45) is 0. The molecule has 3 N–H and O–H groups in total. The number of sulfonamides is 1. The summed E-state index contributed by atoms with van der Waals surface area (Å²) in [5, 5.41) is 8.74. The summed E-state index contributed by atoms with van der Waals surface area (Å²) < 4.78 is 26.9. The zero-order chi connectivity index (χ0) is 18.3. The number of hydrogen-bond donors (Lipinski definition) is 3. The summed E-state index contributed by atoms with van der Waals surface area (Å²) >= 11 is 7.20. The van der Waals surface area contributed by atoms with Crippen LogP contribution in [0.5, 0.6) is 0 Å². The molecule has 0 fully saturated rings. The number of nitrogens with one attached hydrogen (secondary N) is 3. The highest BCUT2D eigenvalue weighted by molar-refractivity contribution is 14.0. The van der Waals surface area contributed by atoms with Gasteiger partial charge >= 0.3 is 0 Å². The van der Waals surface area contributed by atoms with E-state index in [1.807, 2.05) is 31.2 Å². The number of nitrogens with zero attached hydrogens (tertiary/aromatic N) is 1. The van der Waals surface area contributed by atoms with E-state index in [4.69, 9.17) is 11.6 Å². The summed E-state index contributed by atoms with van der Waals surface area (Å²) in [4.78, 5) is 4.15. The van der Waals surface area contributed by atoms with E-state index in [9.17, 15) is 8.42 Å². The second-order valence-corrected chi connectivity index (χ2v) is 8.63. The average Bonchev–Trinajstić information content (AvgIpc) is 3.13. The van der Waals surface area contributed by atoms with Gasteiger partial charge in [0.05, 0.1) is 6.04 Å². The standard InChI is InChI=1S/C16H21ClN4O2S2.HI/c1-12(13-5-3-6-14(17)11-13)21-16(18-2)19-8-9-20-25(22,23)15-7-4-10-24-15;/h3-7,10-12,20H,8-9H2,1-2H3,(H2,18,19,21);1H. The smallest absolute Gasteiger partial charge is 0.250 e. The van der Waals surface area contributed by atoms with Crippen LogP contribution in [0.3, 0.4) is 0 Å². The number of rotatable bonds is 7. The molecule has 0 aliphatic carbocycles. The summed E-state index contributed by atoms with van der Waals surface area (Å²) in [6, 6.07) is 10.9. The lowest BCUT2D eigenvalue weighted by atomic mass is 10.1. The second kappa shape index (κ2) is 11.1. The first-order valence-electron chi connectivity index (χ1n) is 7.68. The third-order valence-corrected chi connectivity index (χ3v) is 6.49. The van der Waals surface area contributed by atoms with Crippen molar-refractivity contribution in [1.29, 1.82) is 0 Å². The SMILES string of the molecule is CN=C(NCCNS(=O)(=O)c1cccs1)NC(C)c1cccc(Cl)c1.I. The number of halogens is 2. The minimum Gasteiger partial charge on any atom is -0.355 e. The van der Waals surface area contributed by atoms with Crippen molar-refractivity contribution >= 4 is 62.9 Å². The number of hydrogen-bond acceptors (Lipinski definition) is 4. The Labute approximate surface area is 180 Å². The van der Waals surface area contributed by atoms with Gasteiger partial charge in [0, 0.05) is 25.2 Å². The van der Waals surface area contributed by atoms with Crippen LogP contribution >= 0.6 is 46.9 Å². The van der Waals surface area contributed by atoms with Crippen molar-refractivity contribution in [3.05, 3.63) is 52.4 Å². The number of thiophene rings is 1. The van der Waals surface area contributed by atoms with E-state index in [1.165, 1.54) is 11.3 Å². The van der Waals surface area contributed by atoms with Crippen LogP contribution in [-0.2, 0) is 10.0 Å². The fourth-order valence-electron chi connectivity index (χ4n) is 2.11. The minimum absolute atomic E-state index is 0. The third kappa shape index (κ3) is 7.03. The molecule has 1 unspecified atom stereocenters. The van der Waals surface area contributed by atoms with Crippen LogP contribution < -0.4 is 15.4 Å². The predicted octanol–water partition coefficient (Wildman–Crippen LogP) is 3.22. The van der Waals surface area contributed by atoms with Gasteiger partial charge in [0.2, 0.25) is 10.0 Å². The predicted molar refractivity (Wildman–Crippen MR) is 119 cm³/mol. The molecule has 1 heterocycles. The highest BCUT2D eigenvalue weighted by atomic mass is 127. The van der Waals surface area contributed by atoms with Crippen molar-refractivity contribution in [2.45, 2.75) is 17.2 Å². The zero-order valence-corrected chi connectivity index (χ0v) is 19.1. The van der Waals surface area contributed by atoms with Gasteiger partial charge in [-0.3, -0.25) is 4.99 Å². The molecule has 0 radical (unpaired) electrons. The summed E-state index contributed by atoms with van der Waals surface area (Å²) in [7, 11) is -1.78. The van der Waals surface area contributed by atoms with Crippen LogP contribution in [0.15, 0.2) is 51.0 Å². The summed E-state index contributed by atoms with van der Waals surface area (Å²) in [6.45, 7) is 2.66. The number of aliphatic imine (C=N–C) groups is 1. The fourth-order valence-corrected chi connectivity index (χ4v) is 4.38. The van der Waals surface area contributed by atoms with Crippen LogP contribution in [0, 0.1) is 0 Å². The van der Waals surface area contributed by atoms with E-state index in [1.54, 1.807) is 24.6 Å². The average molecular weight is 529 g/mol. The van der Waals surface area contributed by atoms with Crippen molar-refractivity contribution in [2.24, 2.45) is 4.99 Å². The van der Waals surface area contributed by atoms with Crippen molar-refractivity contribution < 1.29 is 8.42 Å². The van der Waals surface area contributed by atoms with Gasteiger partial charge in [-0.2, -0.15) is 0 Å². The molecular weight excluding hydrogens is 507 g/mol. The molecule has 1 aromatic heterocycles. The van der Waals surface area contributed by atoms with Crippen molar-refractivity contribution in [2.75, 3.05) is 20.1 Å². The summed E-state index contributed by atoms with van der Waals surface area (Å²) in [5.74, 6) is 0.586. The van der Waals surface area contributed by atoms with Crippen molar-refractivity contribution in [3.63, 3.8) is 0 Å². The molecule has 0 amide bonds. The van der Waals surface area contributed by atoms with Gasteiger partial charge in [-0.1, -0.05) is 29.8 Å². The number of guanidine groups is 1. The normalized spacial score (nSPS) is 13.0. The number of benzene rings is 1. The van der Waals surface area contributed by atoms with Crippen LogP contribution in [0.1, 0.15) is 18.5 Å². The zero-order valence-electron chi connectivity index (χ0n) is 14.4. The highest BCUT2D eigenvalue weighted by Crippen LogP contribution is 2.17. The van der Waals surface area contributed by atoms with E-state index in [2.05, 4.69) is 20.3 Å². The Balaban J connectivity index is 0.00000338. The van der Waals surface area contributed by atoms with Gasteiger partial charge in [0.25, 0.3) is 0 Å². The lowest BCUT2D eigenvalue weighted by Gasteiger charge is -2.18. The van der Waals surface area contributed by atoms with Crippen molar-refractivity contribution in [3.8, 4) is 0 Å².